The largest absolute Gasteiger partial charge is 0.481 e. The highest BCUT2D eigenvalue weighted by Crippen LogP contribution is 2.36. The summed E-state index contributed by atoms with van der Waals surface area (Å²) in [4.78, 5) is 6.59. The van der Waals surface area contributed by atoms with Crippen LogP contribution >= 0.6 is 11.6 Å². The molecule has 2 aromatic heterocycles. The Hall–Kier alpha value is -2.55. The second-order valence-electron chi connectivity index (χ2n) is 7.27. The molecule has 0 unspecified atom stereocenters. The molecule has 7 nitrogen and oxygen atoms in total. The number of hydrogen-bond acceptors (Lipinski definition) is 6. The topological polar surface area (TPSA) is 65.3 Å². The van der Waals surface area contributed by atoms with E-state index in [1.807, 2.05) is 23.0 Å². The van der Waals surface area contributed by atoms with Crippen molar-refractivity contribution in [3.63, 3.8) is 0 Å². The van der Waals surface area contributed by atoms with Gasteiger partial charge in [0, 0.05) is 37.5 Å². The van der Waals surface area contributed by atoms with Gasteiger partial charge in [-0.15, -0.1) is 5.10 Å². The fourth-order valence-corrected chi connectivity index (χ4v) is 4.29. The van der Waals surface area contributed by atoms with E-state index in [9.17, 15) is 4.39 Å². The van der Waals surface area contributed by atoms with Gasteiger partial charge in [-0.1, -0.05) is 22.9 Å². The Bertz CT molecular complexity index is 1040. The first-order chi connectivity index (χ1) is 14.1. The van der Waals surface area contributed by atoms with Crippen LogP contribution in [-0.2, 0) is 17.9 Å². The molecule has 29 heavy (non-hydrogen) atoms. The third kappa shape index (κ3) is 3.37. The molecule has 1 fully saturated rings. The molecule has 1 aromatic carbocycles. The van der Waals surface area contributed by atoms with Gasteiger partial charge in [-0.3, -0.25) is 4.90 Å². The van der Waals surface area contributed by atoms with Gasteiger partial charge in [-0.2, -0.15) is 0 Å². The molecule has 1 saturated heterocycles. The summed E-state index contributed by atoms with van der Waals surface area (Å²) in [6.07, 6.45) is 1.88. The maximum atomic E-state index is 13.4. The van der Waals surface area contributed by atoms with E-state index < -0.39 is 0 Å². The summed E-state index contributed by atoms with van der Waals surface area (Å²) in [6, 6.07) is 8.25. The lowest BCUT2D eigenvalue weighted by atomic mass is 10.1. The van der Waals surface area contributed by atoms with Crippen molar-refractivity contribution in [3.8, 4) is 17.1 Å². The van der Waals surface area contributed by atoms with Crippen molar-refractivity contribution in [2.75, 3.05) is 20.2 Å². The number of methoxy groups -OCH3 is 1. The van der Waals surface area contributed by atoms with Crippen molar-refractivity contribution >= 4 is 11.6 Å². The van der Waals surface area contributed by atoms with Gasteiger partial charge in [0.25, 0.3) is 0 Å². The first-order valence-electron chi connectivity index (χ1n) is 9.34. The van der Waals surface area contributed by atoms with Gasteiger partial charge in [0.2, 0.25) is 5.88 Å². The summed E-state index contributed by atoms with van der Waals surface area (Å²) in [7, 11) is 1.60. The second kappa shape index (κ2) is 7.37. The van der Waals surface area contributed by atoms with E-state index in [2.05, 4.69) is 20.2 Å². The van der Waals surface area contributed by atoms with E-state index in [1.54, 1.807) is 13.2 Å². The Kier molecular flexibility index (Phi) is 4.69. The van der Waals surface area contributed by atoms with Crippen LogP contribution in [0, 0.1) is 5.82 Å². The van der Waals surface area contributed by atoms with E-state index in [-0.39, 0.29) is 18.0 Å². The minimum Gasteiger partial charge on any atom is -0.481 e. The lowest BCUT2D eigenvalue weighted by Crippen LogP contribution is -2.32. The number of fused-ring (bicyclic) bond motifs is 3. The molecule has 3 aromatic rings. The molecule has 2 aliphatic rings. The summed E-state index contributed by atoms with van der Waals surface area (Å²) >= 11 is 6.23. The number of halogens is 2. The van der Waals surface area contributed by atoms with E-state index in [4.69, 9.17) is 21.1 Å². The predicted octanol–water partition coefficient (Wildman–Crippen LogP) is 3.10. The van der Waals surface area contributed by atoms with Crippen LogP contribution in [0.15, 0.2) is 36.5 Å². The Labute approximate surface area is 172 Å². The molecule has 0 N–H and O–H groups in total. The number of likely N-dealkylation sites (tertiary alicyclic amines) is 1. The maximum absolute atomic E-state index is 13.4. The van der Waals surface area contributed by atoms with Gasteiger partial charge in [0.05, 0.1) is 36.6 Å². The number of pyridine rings is 1. The SMILES string of the molecule is COc1ccc(CN2C[C@@H]3[C@@H](C2)OCc2c(-c4ccc(F)cc4Cl)nnn23)cn1. The van der Waals surface area contributed by atoms with Crippen LogP contribution in [0.3, 0.4) is 0 Å². The average Bonchev–Trinajstić information content (AvgIpc) is 3.32. The third-order valence-electron chi connectivity index (χ3n) is 5.45. The summed E-state index contributed by atoms with van der Waals surface area (Å²) in [6.45, 7) is 2.77. The van der Waals surface area contributed by atoms with Gasteiger partial charge < -0.3 is 9.47 Å². The molecule has 2 aliphatic heterocycles. The van der Waals surface area contributed by atoms with Gasteiger partial charge in [0.15, 0.2) is 0 Å². The van der Waals surface area contributed by atoms with Gasteiger partial charge in [0.1, 0.15) is 11.5 Å². The zero-order valence-corrected chi connectivity index (χ0v) is 16.5. The Morgan fingerprint density at radius 3 is 2.93 bits per heavy atom. The maximum Gasteiger partial charge on any atom is 0.212 e. The highest BCUT2D eigenvalue weighted by Gasteiger charge is 2.40. The van der Waals surface area contributed by atoms with Crippen LogP contribution in [0.2, 0.25) is 5.02 Å². The van der Waals surface area contributed by atoms with E-state index in [1.165, 1.54) is 12.1 Å². The molecule has 2 atom stereocenters. The van der Waals surface area contributed by atoms with Gasteiger partial charge >= 0.3 is 0 Å². The smallest absolute Gasteiger partial charge is 0.212 e. The van der Waals surface area contributed by atoms with Crippen molar-refractivity contribution in [3.05, 3.63) is 58.6 Å². The highest BCUT2D eigenvalue weighted by atomic mass is 35.5. The molecular weight excluding hydrogens is 397 g/mol. The van der Waals surface area contributed by atoms with Crippen molar-refractivity contribution in [2.45, 2.75) is 25.3 Å². The minimum atomic E-state index is -0.379. The quantitative estimate of drug-likeness (QED) is 0.652. The summed E-state index contributed by atoms with van der Waals surface area (Å²) in [5.74, 6) is 0.224. The van der Waals surface area contributed by atoms with Gasteiger partial charge in [-0.05, 0) is 23.8 Å². The van der Waals surface area contributed by atoms with Gasteiger partial charge in [-0.25, -0.2) is 14.1 Å². The summed E-state index contributed by atoms with van der Waals surface area (Å²) in [5.41, 5.74) is 3.29. The number of aromatic nitrogens is 4. The normalized spacial score (nSPS) is 21.1. The number of rotatable bonds is 4. The third-order valence-corrected chi connectivity index (χ3v) is 5.76. The molecule has 0 aliphatic carbocycles. The van der Waals surface area contributed by atoms with E-state index in [0.29, 0.717) is 28.8 Å². The molecule has 0 radical (unpaired) electrons. The fraction of sp³-hybridized carbons (Fsp3) is 0.350. The average molecular weight is 416 g/mol. The number of ether oxygens (including phenoxy) is 2. The molecule has 9 heteroatoms. The Morgan fingerprint density at radius 2 is 2.17 bits per heavy atom. The minimum absolute atomic E-state index is 0.0481. The van der Waals surface area contributed by atoms with Crippen molar-refractivity contribution in [2.24, 2.45) is 0 Å². The number of benzene rings is 1. The van der Waals surface area contributed by atoms with Crippen LogP contribution < -0.4 is 4.74 Å². The first-order valence-corrected chi connectivity index (χ1v) is 9.72. The summed E-state index contributed by atoms with van der Waals surface area (Å²) in [5, 5.41) is 9.03. The van der Waals surface area contributed by atoms with Crippen molar-refractivity contribution in [1.82, 2.24) is 24.9 Å². The van der Waals surface area contributed by atoms with Crippen LogP contribution in [0.5, 0.6) is 5.88 Å². The van der Waals surface area contributed by atoms with Crippen LogP contribution in [0.4, 0.5) is 4.39 Å². The molecule has 0 amide bonds. The van der Waals surface area contributed by atoms with Crippen molar-refractivity contribution in [1.29, 1.82) is 0 Å². The first kappa shape index (κ1) is 18.5. The Morgan fingerprint density at radius 1 is 1.28 bits per heavy atom. The standard InChI is InChI=1S/C20H19ClFN5O2/c1-28-19-5-2-12(7-23-19)8-26-9-16-18(10-26)29-11-17-20(24-25-27(16)17)14-4-3-13(22)6-15(14)21/h2-7,16,18H,8-11H2,1H3/t16-,18-/m1/s1. The molecule has 4 heterocycles. The van der Waals surface area contributed by atoms with Crippen LogP contribution in [-0.4, -0.2) is 51.2 Å². The molecule has 5 rings (SSSR count). The molecule has 150 valence electrons. The molecule has 0 bridgehead atoms. The number of nitrogens with zero attached hydrogens (tertiary/aromatic N) is 5. The summed E-state index contributed by atoms with van der Waals surface area (Å²) < 4.78 is 26.6. The lowest BCUT2D eigenvalue weighted by molar-refractivity contribution is -0.00494. The second-order valence-corrected chi connectivity index (χ2v) is 7.68. The van der Waals surface area contributed by atoms with E-state index in [0.717, 1.165) is 30.9 Å². The Balaban J connectivity index is 1.37. The fourth-order valence-electron chi connectivity index (χ4n) is 4.03. The van der Waals surface area contributed by atoms with Crippen molar-refractivity contribution < 1.29 is 13.9 Å². The zero-order chi connectivity index (χ0) is 20.0. The van der Waals surface area contributed by atoms with Crippen LogP contribution in [0.25, 0.3) is 11.3 Å². The lowest BCUT2D eigenvalue weighted by Gasteiger charge is -2.26. The zero-order valence-electron chi connectivity index (χ0n) is 15.8. The van der Waals surface area contributed by atoms with E-state index >= 15 is 0 Å². The predicted molar refractivity (Wildman–Crippen MR) is 104 cm³/mol. The monoisotopic (exact) mass is 415 g/mol. The molecular formula is C20H19ClFN5O2. The highest BCUT2D eigenvalue weighted by molar-refractivity contribution is 6.33. The number of hydrogen-bond donors (Lipinski definition) is 0. The molecule has 0 saturated carbocycles. The molecule has 0 spiro atoms. The van der Waals surface area contributed by atoms with Crippen LogP contribution in [0.1, 0.15) is 17.3 Å².